The molecule has 0 saturated heterocycles. The van der Waals surface area contributed by atoms with Crippen LogP contribution >= 0.6 is 0 Å². The van der Waals surface area contributed by atoms with Crippen LogP contribution in [0.2, 0.25) is 0 Å². The van der Waals surface area contributed by atoms with Crippen molar-refractivity contribution in [2.24, 2.45) is 34.5 Å². The maximum atomic E-state index is 11.6. The number of carbonyl (C=O) groups excluding carboxylic acids is 1. The highest BCUT2D eigenvalue weighted by Crippen LogP contribution is 2.66. The third-order valence-electron chi connectivity index (χ3n) is 9.13. The Morgan fingerprint density at radius 2 is 1.96 bits per heavy atom. The lowest BCUT2D eigenvalue weighted by molar-refractivity contribution is -0.120. The fraction of sp³-hybridized carbons (Fsp3) is 0.870. The largest absolute Gasteiger partial charge is 0.354 e. The second-order valence-electron chi connectivity index (χ2n) is 10.2. The zero-order chi connectivity index (χ0) is 17.8. The van der Waals surface area contributed by atoms with Crippen molar-refractivity contribution in [1.82, 2.24) is 5.32 Å². The molecule has 25 heavy (non-hydrogen) atoms. The quantitative estimate of drug-likeness (QED) is 0.661. The highest BCUT2D eigenvalue weighted by atomic mass is 16.1. The predicted octanol–water partition coefficient (Wildman–Crippen LogP) is 5.48. The summed E-state index contributed by atoms with van der Waals surface area (Å²) in [5, 5.41) is 3.22. The first-order valence-electron chi connectivity index (χ1n) is 10.8. The van der Waals surface area contributed by atoms with E-state index in [1.807, 2.05) is 5.57 Å². The van der Waals surface area contributed by atoms with E-state index in [9.17, 15) is 4.79 Å². The fourth-order valence-electron chi connectivity index (χ4n) is 7.98. The maximum Gasteiger partial charge on any atom is 0.217 e. The smallest absolute Gasteiger partial charge is 0.217 e. The van der Waals surface area contributed by atoms with E-state index in [1.54, 1.807) is 6.92 Å². The molecular weight excluding hydrogens is 306 g/mol. The lowest BCUT2D eigenvalue weighted by Gasteiger charge is -2.58. The van der Waals surface area contributed by atoms with Crippen LogP contribution in [0.5, 0.6) is 0 Å². The van der Waals surface area contributed by atoms with Gasteiger partial charge in [0.1, 0.15) is 0 Å². The topological polar surface area (TPSA) is 29.1 Å². The number of rotatable bonds is 2. The van der Waals surface area contributed by atoms with Gasteiger partial charge in [0, 0.05) is 13.0 Å². The van der Waals surface area contributed by atoms with E-state index in [-0.39, 0.29) is 5.91 Å². The standard InChI is InChI=1S/C23H37NO/c1-15(24-16(2)25)19-10-11-20-18-9-8-17-7-5-6-13-22(17,3)21(18)12-14-23(19,20)4/h8,15,18-21H,5-7,9-14H2,1-4H3,(H,24,25)/t15-,18-,19+,20-,21-,22-,23+/m0/s1. The van der Waals surface area contributed by atoms with Gasteiger partial charge in [0.15, 0.2) is 0 Å². The van der Waals surface area contributed by atoms with Gasteiger partial charge in [0.2, 0.25) is 5.91 Å². The Morgan fingerprint density at radius 1 is 1.16 bits per heavy atom. The summed E-state index contributed by atoms with van der Waals surface area (Å²) in [6, 6.07) is 0.323. The average molecular weight is 344 g/mol. The second-order valence-corrected chi connectivity index (χ2v) is 10.2. The van der Waals surface area contributed by atoms with Crippen LogP contribution in [0.15, 0.2) is 11.6 Å². The second kappa shape index (κ2) is 6.13. The molecule has 2 nitrogen and oxygen atoms in total. The molecular formula is C23H37NO. The first kappa shape index (κ1) is 17.6. The Kier molecular flexibility index (Phi) is 4.32. The summed E-state index contributed by atoms with van der Waals surface area (Å²) in [5.74, 6) is 3.46. The molecule has 2 heteroatoms. The van der Waals surface area contributed by atoms with Gasteiger partial charge in [-0.2, -0.15) is 0 Å². The van der Waals surface area contributed by atoms with Gasteiger partial charge < -0.3 is 5.32 Å². The van der Waals surface area contributed by atoms with E-state index < -0.39 is 0 Å². The van der Waals surface area contributed by atoms with Gasteiger partial charge in [0.25, 0.3) is 0 Å². The summed E-state index contributed by atoms with van der Waals surface area (Å²) < 4.78 is 0. The Balaban J connectivity index is 1.59. The molecule has 1 amide bonds. The molecule has 4 rings (SSSR count). The predicted molar refractivity (Wildman–Crippen MR) is 103 cm³/mol. The normalized spacial score (nSPS) is 47.1. The Labute approximate surface area is 154 Å². The van der Waals surface area contributed by atoms with Crippen LogP contribution in [0.25, 0.3) is 0 Å². The zero-order valence-corrected chi connectivity index (χ0v) is 16.7. The van der Waals surface area contributed by atoms with E-state index in [0.29, 0.717) is 22.8 Å². The van der Waals surface area contributed by atoms with Crippen LogP contribution < -0.4 is 5.32 Å². The number of nitrogens with one attached hydrogen (secondary N) is 1. The lowest BCUT2D eigenvalue weighted by Crippen LogP contribution is -2.52. The molecule has 0 aliphatic heterocycles. The van der Waals surface area contributed by atoms with Gasteiger partial charge in [-0.25, -0.2) is 0 Å². The molecule has 0 radical (unpaired) electrons. The van der Waals surface area contributed by atoms with Gasteiger partial charge >= 0.3 is 0 Å². The minimum Gasteiger partial charge on any atom is -0.354 e. The minimum atomic E-state index is 0.133. The summed E-state index contributed by atoms with van der Waals surface area (Å²) in [6.07, 6.45) is 15.1. The number of fused-ring (bicyclic) bond motifs is 5. The van der Waals surface area contributed by atoms with Crippen molar-refractivity contribution >= 4 is 5.91 Å². The highest BCUT2D eigenvalue weighted by molar-refractivity contribution is 5.73. The summed E-state index contributed by atoms with van der Waals surface area (Å²) in [7, 11) is 0. The highest BCUT2D eigenvalue weighted by Gasteiger charge is 2.58. The molecule has 0 spiro atoms. The average Bonchev–Trinajstić information content (AvgIpc) is 2.91. The molecule has 0 heterocycles. The molecule has 0 unspecified atom stereocenters. The first-order valence-corrected chi connectivity index (χ1v) is 10.8. The van der Waals surface area contributed by atoms with E-state index in [2.05, 4.69) is 32.2 Å². The van der Waals surface area contributed by atoms with Gasteiger partial charge in [-0.1, -0.05) is 31.9 Å². The van der Waals surface area contributed by atoms with Crippen molar-refractivity contribution in [3.63, 3.8) is 0 Å². The minimum absolute atomic E-state index is 0.133. The summed E-state index contributed by atoms with van der Waals surface area (Å²) in [6.45, 7) is 9.07. The number of hydrogen-bond donors (Lipinski definition) is 1. The van der Waals surface area contributed by atoms with Gasteiger partial charge in [-0.3, -0.25) is 4.79 Å². The molecule has 1 N–H and O–H groups in total. The molecule has 3 saturated carbocycles. The zero-order valence-electron chi connectivity index (χ0n) is 16.7. The van der Waals surface area contributed by atoms with Crippen molar-refractivity contribution in [3.05, 3.63) is 11.6 Å². The Morgan fingerprint density at radius 3 is 2.72 bits per heavy atom. The van der Waals surface area contributed by atoms with E-state index >= 15 is 0 Å². The molecule has 0 aromatic rings. The third-order valence-corrected chi connectivity index (χ3v) is 9.13. The van der Waals surface area contributed by atoms with Crippen LogP contribution in [-0.2, 0) is 4.79 Å². The first-order chi connectivity index (χ1) is 11.9. The molecule has 4 aliphatic carbocycles. The number of hydrogen-bond acceptors (Lipinski definition) is 1. The SMILES string of the molecule is CC(=O)N[C@@H](C)[C@H]1CC[C@H]2[C@@H]3CC=C4CCCC[C@]4(C)[C@H]3CC[C@]12C. The van der Waals surface area contributed by atoms with Crippen molar-refractivity contribution in [1.29, 1.82) is 0 Å². The van der Waals surface area contributed by atoms with Crippen molar-refractivity contribution < 1.29 is 4.79 Å². The summed E-state index contributed by atoms with van der Waals surface area (Å²) >= 11 is 0. The molecule has 0 aromatic carbocycles. The number of allylic oxidation sites excluding steroid dienone is 2. The van der Waals surface area contributed by atoms with Crippen LogP contribution in [-0.4, -0.2) is 11.9 Å². The van der Waals surface area contributed by atoms with Crippen LogP contribution in [0.1, 0.15) is 85.5 Å². The van der Waals surface area contributed by atoms with Crippen LogP contribution in [0.4, 0.5) is 0 Å². The number of carbonyl (C=O) groups is 1. The monoisotopic (exact) mass is 343 g/mol. The Hall–Kier alpha value is -0.790. The van der Waals surface area contributed by atoms with Crippen molar-refractivity contribution in [2.75, 3.05) is 0 Å². The van der Waals surface area contributed by atoms with Crippen LogP contribution in [0, 0.1) is 34.5 Å². The summed E-state index contributed by atoms with van der Waals surface area (Å²) in [5.41, 5.74) is 2.74. The molecule has 0 bridgehead atoms. The van der Waals surface area contributed by atoms with Crippen LogP contribution in [0.3, 0.4) is 0 Å². The molecule has 3 fully saturated rings. The molecule has 140 valence electrons. The Bertz CT molecular complexity index is 581. The third kappa shape index (κ3) is 2.61. The fourth-order valence-corrected chi connectivity index (χ4v) is 7.98. The molecule has 4 aliphatic rings. The van der Waals surface area contributed by atoms with E-state index in [4.69, 9.17) is 0 Å². The van der Waals surface area contributed by atoms with Gasteiger partial charge in [-0.15, -0.1) is 0 Å². The van der Waals surface area contributed by atoms with Gasteiger partial charge in [0.05, 0.1) is 0 Å². The summed E-state index contributed by atoms with van der Waals surface area (Å²) in [4.78, 5) is 11.6. The van der Waals surface area contributed by atoms with E-state index in [0.717, 1.165) is 17.8 Å². The van der Waals surface area contributed by atoms with Crippen molar-refractivity contribution in [2.45, 2.75) is 91.5 Å². The number of amides is 1. The lowest BCUT2D eigenvalue weighted by atomic mass is 9.47. The van der Waals surface area contributed by atoms with Gasteiger partial charge in [-0.05, 0) is 92.8 Å². The molecule has 0 aromatic heterocycles. The molecule has 7 atom stereocenters. The van der Waals surface area contributed by atoms with Crippen molar-refractivity contribution in [3.8, 4) is 0 Å². The maximum absolute atomic E-state index is 11.6. The van der Waals surface area contributed by atoms with E-state index in [1.165, 1.54) is 57.8 Å².